The number of aliphatic hydroxyl groups excluding tert-OH is 1. The zero-order chi connectivity index (χ0) is 9.97. The number of hydrogen-bond donors (Lipinski definition) is 1. The summed E-state index contributed by atoms with van der Waals surface area (Å²) in [5.41, 5.74) is 0.992. The molecule has 2 rings (SSSR count). The van der Waals surface area contributed by atoms with Crippen molar-refractivity contribution in [3.63, 3.8) is 0 Å². The van der Waals surface area contributed by atoms with Gasteiger partial charge in [0.1, 0.15) is 18.1 Å². The third-order valence-electron chi connectivity index (χ3n) is 1.78. The van der Waals surface area contributed by atoms with Gasteiger partial charge in [-0.25, -0.2) is 9.97 Å². The van der Waals surface area contributed by atoms with Crippen molar-refractivity contribution in [1.82, 2.24) is 25.0 Å². The van der Waals surface area contributed by atoms with Crippen LogP contribution in [0.1, 0.15) is 17.5 Å². The van der Waals surface area contributed by atoms with E-state index in [1.807, 2.05) is 0 Å². The minimum absolute atomic E-state index is 0.478. The van der Waals surface area contributed by atoms with Crippen LogP contribution in [0, 0.1) is 0 Å². The molecule has 2 aromatic heterocycles. The Morgan fingerprint density at radius 2 is 2.29 bits per heavy atom. The molecule has 0 aliphatic rings. The molecular weight excluding hydrogens is 182 g/mol. The molecule has 0 aliphatic heterocycles. The van der Waals surface area contributed by atoms with E-state index in [9.17, 15) is 5.11 Å². The lowest BCUT2D eigenvalue weighted by Crippen LogP contribution is -2.04. The minimum atomic E-state index is -0.841. The van der Waals surface area contributed by atoms with E-state index in [0.29, 0.717) is 11.4 Å². The lowest BCUT2D eigenvalue weighted by Gasteiger charge is -2.04. The Bertz CT molecular complexity index is 413. The molecule has 1 N–H and O–H groups in total. The number of hydrogen-bond acceptors (Lipinski definition) is 5. The number of nitrogens with zero attached hydrogens (tertiary/aromatic N) is 5. The average Bonchev–Trinajstić information content (AvgIpc) is 2.65. The van der Waals surface area contributed by atoms with E-state index in [1.54, 1.807) is 19.3 Å². The summed E-state index contributed by atoms with van der Waals surface area (Å²) in [6.45, 7) is 0. The zero-order valence-electron chi connectivity index (χ0n) is 7.57. The summed E-state index contributed by atoms with van der Waals surface area (Å²) in [6.07, 6.45) is 3.62. The van der Waals surface area contributed by atoms with E-state index in [2.05, 4.69) is 20.2 Å². The highest BCUT2D eigenvalue weighted by molar-refractivity contribution is 5.14. The van der Waals surface area contributed by atoms with Gasteiger partial charge < -0.3 is 5.11 Å². The number of aliphatic hydroxyl groups is 1. The third-order valence-corrected chi connectivity index (χ3v) is 1.78. The molecule has 14 heavy (non-hydrogen) atoms. The second-order valence-electron chi connectivity index (χ2n) is 2.80. The molecule has 0 fully saturated rings. The molecule has 2 heterocycles. The molecule has 6 nitrogen and oxygen atoms in total. The molecule has 0 spiro atoms. The summed E-state index contributed by atoms with van der Waals surface area (Å²) in [7, 11) is 1.69. The monoisotopic (exact) mass is 191 g/mol. The van der Waals surface area contributed by atoms with Crippen molar-refractivity contribution >= 4 is 0 Å². The minimum Gasteiger partial charge on any atom is -0.380 e. The third kappa shape index (κ3) is 1.60. The van der Waals surface area contributed by atoms with Crippen molar-refractivity contribution in [2.24, 2.45) is 7.05 Å². The second kappa shape index (κ2) is 3.51. The zero-order valence-corrected chi connectivity index (χ0v) is 7.57. The van der Waals surface area contributed by atoms with Crippen LogP contribution in [0.3, 0.4) is 0 Å². The van der Waals surface area contributed by atoms with Gasteiger partial charge in [-0.05, 0) is 6.07 Å². The second-order valence-corrected chi connectivity index (χ2v) is 2.80. The van der Waals surface area contributed by atoms with Gasteiger partial charge in [0, 0.05) is 13.2 Å². The van der Waals surface area contributed by atoms with Crippen LogP contribution in [0.25, 0.3) is 0 Å². The Balaban J connectivity index is 2.29. The van der Waals surface area contributed by atoms with Gasteiger partial charge in [0.2, 0.25) is 0 Å². The predicted octanol–water partition coefficient (Wildman–Crippen LogP) is -0.313. The maximum absolute atomic E-state index is 9.80. The number of aryl methyl sites for hydroxylation is 1. The fourth-order valence-electron chi connectivity index (χ4n) is 1.10. The van der Waals surface area contributed by atoms with Gasteiger partial charge in [0.05, 0.1) is 11.9 Å². The first-order valence-corrected chi connectivity index (χ1v) is 4.07. The van der Waals surface area contributed by atoms with Crippen molar-refractivity contribution in [3.05, 3.63) is 36.2 Å². The number of aromatic nitrogens is 5. The first-order chi connectivity index (χ1) is 6.77. The summed E-state index contributed by atoms with van der Waals surface area (Å²) in [4.78, 5) is 9.08. The Morgan fingerprint density at radius 1 is 1.43 bits per heavy atom. The van der Waals surface area contributed by atoms with Crippen LogP contribution in [0.5, 0.6) is 0 Å². The van der Waals surface area contributed by atoms with E-state index < -0.39 is 6.10 Å². The molecule has 0 aliphatic carbocycles. The SMILES string of the molecule is Cn1ncc(C(O)c2ccncn2)n1. The van der Waals surface area contributed by atoms with Gasteiger partial charge in [0.15, 0.2) is 0 Å². The Morgan fingerprint density at radius 3 is 2.86 bits per heavy atom. The van der Waals surface area contributed by atoms with E-state index in [0.717, 1.165) is 0 Å². The van der Waals surface area contributed by atoms with Crippen molar-refractivity contribution in [2.45, 2.75) is 6.10 Å². The quantitative estimate of drug-likeness (QED) is 0.704. The average molecular weight is 191 g/mol. The summed E-state index contributed by atoms with van der Waals surface area (Å²) in [5, 5.41) is 17.6. The fourth-order valence-corrected chi connectivity index (χ4v) is 1.10. The van der Waals surface area contributed by atoms with Crippen LogP contribution in [0.4, 0.5) is 0 Å². The highest BCUT2D eigenvalue weighted by Gasteiger charge is 2.14. The van der Waals surface area contributed by atoms with Crippen LogP contribution in [0.15, 0.2) is 24.8 Å². The normalized spacial score (nSPS) is 12.7. The lowest BCUT2D eigenvalue weighted by molar-refractivity contribution is 0.209. The van der Waals surface area contributed by atoms with E-state index in [1.165, 1.54) is 17.3 Å². The van der Waals surface area contributed by atoms with Crippen LogP contribution >= 0.6 is 0 Å². The first kappa shape index (κ1) is 8.76. The summed E-state index contributed by atoms with van der Waals surface area (Å²) < 4.78 is 0. The van der Waals surface area contributed by atoms with Crippen LogP contribution in [-0.2, 0) is 7.05 Å². The summed E-state index contributed by atoms with van der Waals surface area (Å²) in [6, 6.07) is 1.64. The molecule has 0 amide bonds. The highest BCUT2D eigenvalue weighted by atomic mass is 16.3. The van der Waals surface area contributed by atoms with Crippen molar-refractivity contribution < 1.29 is 5.11 Å². The van der Waals surface area contributed by atoms with Gasteiger partial charge in [-0.2, -0.15) is 15.0 Å². The molecular formula is C8H9N5O. The van der Waals surface area contributed by atoms with E-state index >= 15 is 0 Å². The van der Waals surface area contributed by atoms with Gasteiger partial charge in [0.25, 0.3) is 0 Å². The van der Waals surface area contributed by atoms with Crippen molar-refractivity contribution in [3.8, 4) is 0 Å². The predicted molar refractivity (Wildman–Crippen MR) is 47.1 cm³/mol. The molecule has 1 atom stereocenters. The molecule has 72 valence electrons. The topological polar surface area (TPSA) is 76.7 Å². The molecule has 0 bridgehead atoms. The maximum Gasteiger partial charge on any atom is 0.141 e. The van der Waals surface area contributed by atoms with Gasteiger partial charge in [-0.15, -0.1) is 0 Å². The Hall–Kier alpha value is -1.82. The molecule has 1 unspecified atom stereocenters. The van der Waals surface area contributed by atoms with Crippen LogP contribution in [0.2, 0.25) is 0 Å². The summed E-state index contributed by atoms with van der Waals surface area (Å²) in [5.74, 6) is 0. The smallest absolute Gasteiger partial charge is 0.141 e. The molecule has 0 saturated carbocycles. The molecule has 0 aromatic carbocycles. The van der Waals surface area contributed by atoms with Crippen molar-refractivity contribution in [1.29, 1.82) is 0 Å². The van der Waals surface area contributed by atoms with Crippen LogP contribution < -0.4 is 0 Å². The van der Waals surface area contributed by atoms with Gasteiger partial charge in [-0.1, -0.05) is 0 Å². The van der Waals surface area contributed by atoms with Gasteiger partial charge in [-0.3, -0.25) is 0 Å². The first-order valence-electron chi connectivity index (χ1n) is 4.07. The Labute approximate surface area is 80.2 Å². The summed E-state index contributed by atoms with van der Waals surface area (Å²) >= 11 is 0. The molecule has 0 saturated heterocycles. The lowest BCUT2D eigenvalue weighted by atomic mass is 10.2. The molecule has 6 heteroatoms. The fraction of sp³-hybridized carbons (Fsp3) is 0.250. The molecule has 2 aromatic rings. The van der Waals surface area contributed by atoms with Crippen LogP contribution in [-0.4, -0.2) is 30.1 Å². The molecule has 0 radical (unpaired) electrons. The van der Waals surface area contributed by atoms with Crippen molar-refractivity contribution in [2.75, 3.05) is 0 Å². The maximum atomic E-state index is 9.80. The van der Waals surface area contributed by atoms with E-state index in [-0.39, 0.29) is 0 Å². The highest BCUT2D eigenvalue weighted by Crippen LogP contribution is 2.15. The largest absolute Gasteiger partial charge is 0.380 e. The van der Waals surface area contributed by atoms with E-state index in [4.69, 9.17) is 0 Å². The Kier molecular flexibility index (Phi) is 2.19. The number of rotatable bonds is 2. The standard InChI is InChI=1S/C8H9N5O/c1-13-11-4-7(12-13)8(14)6-2-3-9-5-10-6/h2-5,8,14H,1H3. The van der Waals surface area contributed by atoms with Gasteiger partial charge >= 0.3 is 0 Å².